The lowest BCUT2D eigenvalue weighted by atomic mass is 9.59. The summed E-state index contributed by atoms with van der Waals surface area (Å²) in [6.07, 6.45) is -3.58. The van der Waals surface area contributed by atoms with E-state index in [1.807, 2.05) is 0 Å². The molecule has 1 fully saturated rings. The zero-order valence-electron chi connectivity index (χ0n) is 20.0. The summed E-state index contributed by atoms with van der Waals surface area (Å²) in [6.45, 7) is 1.43. The maximum Gasteiger partial charge on any atom is 0.573 e. The van der Waals surface area contributed by atoms with Crippen LogP contribution < -0.4 is 4.74 Å². The molecule has 1 N–H and O–H groups in total. The first-order valence-corrected chi connectivity index (χ1v) is 11.6. The van der Waals surface area contributed by atoms with E-state index in [1.165, 1.54) is 6.92 Å². The van der Waals surface area contributed by atoms with Gasteiger partial charge in [0.2, 0.25) is 11.8 Å². The zero-order chi connectivity index (χ0) is 27.7. The van der Waals surface area contributed by atoms with E-state index in [0.29, 0.717) is 10.5 Å². The van der Waals surface area contributed by atoms with Gasteiger partial charge in [0.15, 0.2) is 11.6 Å². The highest BCUT2D eigenvalue weighted by Gasteiger charge is 2.58. The highest BCUT2D eigenvalue weighted by atomic mass is 19.4. The summed E-state index contributed by atoms with van der Waals surface area (Å²) in [6, 6.07) is 2.81. The van der Waals surface area contributed by atoms with Crippen LogP contribution >= 0.6 is 0 Å². The number of allylic oxidation sites excluding steroid dienone is 6. The molecule has 5 rings (SSSR count). The highest BCUT2D eigenvalue weighted by Crippen LogP contribution is 2.56. The van der Waals surface area contributed by atoms with Crippen LogP contribution in [0.2, 0.25) is 0 Å². The number of aromatic hydroxyl groups is 1. The summed E-state index contributed by atoms with van der Waals surface area (Å²) in [5, 5.41) is 10.7. The van der Waals surface area contributed by atoms with Gasteiger partial charge in [-0.05, 0) is 50.0 Å². The molecule has 0 saturated carbocycles. The third-order valence-corrected chi connectivity index (χ3v) is 7.47. The van der Waals surface area contributed by atoms with Crippen molar-refractivity contribution in [2.24, 2.45) is 17.8 Å². The van der Waals surface area contributed by atoms with Gasteiger partial charge in [-0.1, -0.05) is 11.6 Å². The molecule has 4 aliphatic rings. The lowest BCUT2D eigenvalue weighted by molar-refractivity contribution is -0.274. The van der Waals surface area contributed by atoms with Crippen molar-refractivity contribution in [3.8, 4) is 11.5 Å². The quantitative estimate of drug-likeness (QED) is 0.349. The normalized spacial score (nSPS) is 26.9. The van der Waals surface area contributed by atoms with E-state index in [9.17, 15) is 42.3 Å². The number of ketones is 2. The molecule has 1 aliphatic heterocycles. The molecule has 198 valence electrons. The van der Waals surface area contributed by atoms with Crippen molar-refractivity contribution in [3.05, 3.63) is 58.2 Å². The van der Waals surface area contributed by atoms with Crippen LogP contribution in [-0.4, -0.2) is 53.0 Å². The third kappa shape index (κ3) is 3.82. The number of carbonyl (C=O) groups excluding carboxylic acids is 5. The molecule has 0 unspecified atom stereocenters. The standard InChI is InChI=1S/C26H20F3NO8/c1-10-7-18(32)16-9-14-12(4-5-13-20(14)24(35)30(23(13)34)25(36)37-2)19(21(16)22(10)33)15-8-11(3-6-17(15)31)38-26(27,28)29/h3-4,6-8,13-14,19-20,31H,5,9H2,1-2H3/t13-,14+,19+,20-/m0/s1. The average molecular weight is 531 g/mol. The van der Waals surface area contributed by atoms with E-state index in [0.717, 1.165) is 31.4 Å². The number of hydrogen-bond acceptors (Lipinski definition) is 8. The van der Waals surface area contributed by atoms with Crippen molar-refractivity contribution >= 4 is 29.5 Å². The van der Waals surface area contributed by atoms with Gasteiger partial charge in [0.25, 0.3) is 0 Å². The van der Waals surface area contributed by atoms with Gasteiger partial charge in [-0.25, -0.2) is 4.79 Å². The lowest BCUT2D eigenvalue weighted by Crippen LogP contribution is -2.40. The predicted molar refractivity (Wildman–Crippen MR) is 120 cm³/mol. The molecular formula is C26H20F3NO8. The number of nitrogens with zero attached hydrogens (tertiary/aromatic N) is 1. The second-order valence-corrected chi connectivity index (χ2v) is 9.48. The number of amides is 3. The average Bonchev–Trinajstić information content (AvgIpc) is 3.11. The number of halogens is 3. The Bertz CT molecular complexity index is 1420. The molecular weight excluding hydrogens is 511 g/mol. The van der Waals surface area contributed by atoms with E-state index < -0.39 is 71.0 Å². The molecule has 3 aliphatic carbocycles. The second-order valence-electron chi connectivity index (χ2n) is 9.48. The minimum absolute atomic E-state index is 0.00978. The largest absolute Gasteiger partial charge is 0.573 e. The molecule has 3 amide bonds. The van der Waals surface area contributed by atoms with Crippen molar-refractivity contribution < 1.29 is 51.7 Å². The van der Waals surface area contributed by atoms with Crippen LogP contribution in [0.4, 0.5) is 18.0 Å². The molecule has 1 saturated heterocycles. The summed E-state index contributed by atoms with van der Waals surface area (Å²) >= 11 is 0. The monoisotopic (exact) mass is 531 g/mol. The number of methoxy groups -OCH3 is 1. The molecule has 1 heterocycles. The number of Topliss-reactive ketones (excluding diaryl/α,β-unsaturated/α-hetero) is 1. The van der Waals surface area contributed by atoms with Crippen LogP contribution in [0.15, 0.2) is 52.6 Å². The number of benzene rings is 1. The number of hydrogen-bond donors (Lipinski definition) is 1. The molecule has 0 bridgehead atoms. The Kier molecular flexibility index (Phi) is 5.80. The van der Waals surface area contributed by atoms with E-state index in [2.05, 4.69) is 9.47 Å². The van der Waals surface area contributed by atoms with Gasteiger partial charge in [0.1, 0.15) is 11.5 Å². The lowest BCUT2D eigenvalue weighted by Gasteiger charge is -2.42. The molecule has 12 heteroatoms. The van der Waals surface area contributed by atoms with Crippen molar-refractivity contribution in [2.45, 2.75) is 32.0 Å². The van der Waals surface area contributed by atoms with Crippen molar-refractivity contribution in [1.82, 2.24) is 4.90 Å². The molecule has 1 aromatic carbocycles. The first-order valence-electron chi connectivity index (χ1n) is 11.6. The van der Waals surface area contributed by atoms with Crippen molar-refractivity contribution in [2.75, 3.05) is 7.11 Å². The summed E-state index contributed by atoms with van der Waals surface area (Å²) in [5.74, 6) is -7.82. The van der Waals surface area contributed by atoms with Crippen LogP contribution in [0.1, 0.15) is 31.2 Å². The summed E-state index contributed by atoms with van der Waals surface area (Å²) < 4.78 is 47.5. The van der Waals surface area contributed by atoms with Gasteiger partial charge in [0, 0.05) is 28.2 Å². The molecule has 9 nitrogen and oxygen atoms in total. The maximum absolute atomic E-state index is 13.3. The topological polar surface area (TPSA) is 127 Å². The highest BCUT2D eigenvalue weighted by molar-refractivity contribution is 6.24. The SMILES string of the molecule is COC(=O)N1C(=O)[C@H]2[C@H](CC=C3[C@H](c4cc(OC(F)(F)F)ccc4O)C4=C(C[C@H]32)C(=O)C=C(C)C4=O)C1=O. The van der Waals surface area contributed by atoms with Crippen molar-refractivity contribution in [3.63, 3.8) is 0 Å². The number of ether oxygens (including phenoxy) is 2. The number of imide groups is 3. The van der Waals surface area contributed by atoms with E-state index >= 15 is 0 Å². The fourth-order valence-electron chi connectivity index (χ4n) is 5.95. The second kappa shape index (κ2) is 8.67. The van der Waals surface area contributed by atoms with Crippen LogP contribution in [0.25, 0.3) is 0 Å². The summed E-state index contributed by atoms with van der Waals surface area (Å²) in [4.78, 5) is 65.2. The van der Waals surface area contributed by atoms with Gasteiger partial charge < -0.3 is 14.6 Å². The van der Waals surface area contributed by atoms with E-state index in [4.69, 9.17) is 0 Å². The third-order valence-electron chi connectivity index (χ3n) is 7.47. The van der Waals surface area contributed by atoms with Crippen LogP contribution in [0.5, 0.6) is 11.5 Å². The first-order chi connectivity index (χ1) is 17.8. The Morgan fingerprint density at radius 2 is 1.82 bits per heavy atom. The van der Waals surface area contributed by atoms with Crippen LogP contribution in [0, 0.1) is 17.8 Å². The van der Waals surface area contributed by atoms with Gasteiger partial charge in [-0.15, -0.1) is 13.2 Å². The molecule has 0 aromatic heterocycles. The number of carbonyl (C=O) groups is 5. The number of likely N-dealkylation sites (tertiary alicyclic amines) is 1. The van der Waals surface area contributed by atoms with Gasteiger partial charge >= 0.3 is 12.5 Å². The van der Waals surface area contributed by atoms with Gasteiger partial charge in [0.05, 0.1) is 18.9 Å². The minimum atomic E-state index is -5.03. The number of rotatable bonds is 2. The smallest absolute Gasteiger partial charge is 0.508 e. The number of phenols is 1. The first kappa shape index (κ1) is 25.4. The molecule has 1 aromatic rings. The van der Waals surface area contributed by atoms with E-state index in [-0.39, 0.29) is 35.1 Å². The Balaban J connectivity index is 1.69. The fourth-order valence-corrected chi connectivity index (χ4v) is 5.95. The molecule has 0 spiro atoms. The number of phenolic OH excluding ortho intramolecular Hbond substituents is 1. The van der Waals surface area contributed by atoms with Crippen LogP contribution in [0.3, 0.4) is 0 Å². The Morgan fingerprint density at radius 3 is 2.47 bits per heavy atom. The maximum atomic E-state index is 13.3. The van der Waals surface area contributed by atoms with Crippen molar-refractivity contribution in [1.29, 1.82) is 0 Å². The van der Waals surface area contributed by atoms with Gasteiger partial charge in [-0.3, -0.25) is 19.2 Å². The Labute approximate surface area is 213 Å². The zero-order valence-corrected chi connectivity index (χ0v) is 20.0. The number of alkyl halides is 3. The summed E-state index contributed by atoms with van der Waals surface area (Å²) in [5.41, 5.74) is 0.376. The fraction of sp³-hybridized carbons (Fsp3) is 0.346. The summed E-state index contributed by atoms with van der Waals surface area (Å²) in [7, 11) is 1.02. The minimum Gasteiger partial charge on any atom is -0.508 e. The molecule has 4 atom stereocenters. The predicted octanol–water partition coefficient (Wildman–Crippen LogP) is 3.49. The molecule has 0 radical (unpaired) electrons. The van der Waals surface area contributed by atoms with E-state index in [1.54, 1.807) is 6.08 Å². The number of fused-ring (bicyclic) bond motifs is 3. The Hall–Kier alpha value is -4.22. The molecule has 38 heavy (non-hydrogen) atoms. The van der Waals surface area contributed by atoms with Gasteiger partial charge in [-0.2, -0.15) is 4.90 Å². The Morgan fingerprint density at radius 1 is 1.11 bits per heavy atom. The van der Waals surface area contributed by atoms with Crippen LogP contribution in [-0.2, 0) is 23.9 Å².